The van der Waals surface area contributed by atoms with Gasteiger partial charge in [0.15, 0.2) is 0 Å². The monoisotopic (exact) mass is 420 g/mol. The zero-order chi connectivity index (χ0) is 20.9. The molecule has 0 radical (unpaired) electrons. The number of nitrogens with zero attached hydrogens (tertiary/aromatic N) is 2. The van der Waals surface area contributed by atoms with Crippen LogP contribution in [-0.2, 0) is 9.59 Å². The van der Waals surface area contributed by atoms with Crippen molar-refractivity contribution >= 4 is 35.3 Å². The van der Waals surface area contributed by atoms with Crippen LogP contribution >= 0.6 is 11.8 Å². The molecule has 2 aliphatic rings. The molecule has 2 aromatic rings. The van der Waals surface area contributed by atoms with E-state index in [1.807, 2.05) is 70.1 Å². The minimum absolute atomic E-state index is 0.0152. The molecule has 1 atom stereocenters. The van der Waals surface area contributed by atoms with Crippen LogP contribution in [0.1, 0.15) is 31.7 Å². The molecule has 4 rings (SSSR count). The Morgan fingerprint density at radius 2 is 1.63 bits per heavy atom. The second-order valence-corrected chi connectivity index (χ2v) is 9.50. The third-order valence-corrected chi connectivity index (χ3v) is 7.12. The van der Waals surface area contributed by atoms with Crippen LogP contribution in [0.2, 0.25) is 0 Å². The average molecular weight is 421 g/mol. The average Bonchev–Trinajstić information content (AvgIpc) is 2.96. The molecule has 156 valence electrons. The van der Waals surface area contributed by atoms with Gasteiger partial charge >= 0.3 is 0 Å². The maximum Gasteiger partial charge on any atom is 0.246 e. The predicted octanol–water partition coefficient (Wildman–Crippen LogP) is 4.86. The van der Waals surface area contributed by atoms with Crippen molar-refractivity contribution in [1.82, 2.24) is 4.90 Å². The number of rotatable bonds is 3. The topological polar surface area (TPSA) is 40.6 Å². The van der Waals surface area contributed by atoms with Crippen LogP contribution in [0.25, 0.3) is 6.08 Å². The van der Waals surface area contributed by atoms with E-state index in [4.69, 9.17) is 0 Å². The smallest absolute Gasteiger partial charge is 0.246 e. The standard InChI is InChI=1S/C25H28N2O2S/c1-19-13-18-27(22-9-5-6-10-23(22)30-19)25(29)21-14-16-26(17-15-21)24(28)12-11-20-7-3-2-4-8-20/h2-12,19,21H,13-18H2,1H3/b12-11+. The van der Waals surface area contributed by atoms with Crippen LogP contribution < -0.4 is 4.90 Å². The Kier molecular flexibility index (Phi) is 6.58. The molecule has 0 saturated carbocycles. The quantitative estimate of drug-likeness (QED) is 0.666. The fourth-order valence-corrected chi connectivity index (χ4v) is 5.23. The highest BCUT2D eigenvalue weighted by Crippen LogP contribution is 2.38. The van der Waals surface area contributed by atoms with Gasteiger partial charge in [-0.2, -0.15) is 0 Å². The van der Waals surface area contributed by atoms with Gasteiger partial charge in [-0.3, -0.25) is 9.59 Å². The lowest BCUT2D eigenvalue weighted by Gasteiger charge is -2.34. The second kappa shape index (κ2) is 9.52. The molecule has 2 aliphatic heterocycles. The summed E-state index contributed by atoms with van der Waals surface area (Å²) in [5.74, 6) is 0.220. The summed E-state index contributed by atoms with van der Waals surface area (Å²) in [7, 11) is 0. The molecule has 1 unspecified atom stereocenters. The van der Waals surface area contributed by atoms with Crippen LogP contribution in [0.4, 0.5) is 5.69 Å². The first-order valence-corrected chi connectivity index (χ1v) is 11.6. The first-order chi connectivity index (χ1) is 14.6. The lowest BCUT2D eigenvalue weighted by Crippen LogP contribution is -2.44. The summed E-state index contributed by atoms with van der Waals surface area (Å²) in [4.78, 5) is 30.9. The largest absolute Gasteiger partial charge is 0.339 e. The van der Waals surface area contributed by atoms with E-state index >= 15 is 0 Å². The van der Waals surface area contributed by atoms with Crippen LogP contribution in [-0.4, -0.2) is 41.6 Å². The molecule has 1 saturated heterocycles. The highest BCUT2D eigenvalue weighted by Gasteiger charge is 2.32. The first-order valence-electron chi connectivity index (χ1n) is 10.7. The van der Waals surface area contributed by atoms with Crippen molar-refractivity contribution in [2.24, 2.45) is 5.92 Å². The minimum atomic E-state index is -0.0152. The number of thioether (sulfide) groups is 1. The summed E-state index contributed by atoms with van der Waals surface area (Å²) in [6, 6.07) is 18.1. The van der Waals surface area contributed by atoms with Crippen molar-refractivity contribution in [3.8, 4) is 0 Å². The number of para-hydroxylation sites is 1. The van der Waals surface area contributed by atoms with E-state index in [-0.39, 0.29) is 17.7 Å². The predicted molar refractivity (Wildman–Crippen MR) is 124 cm³/mol. The van der Waals surface area contributed by atoms with Crippen molar-refractivity contribution in [2.45, 2.75) is 36.3 Å². The van der Waals surface area contributed by atoms with Gasteiger partial charge in [0.05, 0.1) is 5.69 Å². The van der Waals surface area contributed by atoms with Gasteiger partial charge in [-0.15, -0.1) is 11.8 Å². The van der Waals surface area contributed by atoms with E-state index in [9.17, 15) is 9.59 Å². The summed E-state index contributed by atoms with van der Waals surface area (Å²) in [5, 5.41) is 0.500. The molecular formula is C25H28N2O2S. The summed E-state index contributed by atoms with van der Waals surface area (Å²) in [6.45, 7) is 4.26. The first kappa shape index (κ1) is 20.7. The Hall–Kier alpha value is -2.53. The van der Waals surface area contributed by atoms with Crippen molar-refractivity contribution in [3.63, 3.8) is 0 Å². The minimum Gasteiger partial charge on any atom is -0.339 e. The Morgan fingerprint density at radius 3 is 2.40 bits per heavy atom. The van der Waals surface area contributed by atoms with Crippen molar-refractivity contribution in [1.29, 1.82) is 0 Å². The second-order valence-electron chi connectivity index (χ2n) is 8.02. The van der Waals surface area contributed by atoms with Crippen LogP contribution in [0.5, 0.6) is 0 Å². The highest BCUT2D eigenvalue weighted by molar-refractivity contribution is 8.00. The molecule has 5 heteroatoms. The van der Waals surface area contributed by atoms with E-state index < -0.39 is 0 Å². The third kappa shape index (κ3) is 4.78. The van der Waals surface area contributed by atoms with E-state index in [0.717, 1.165) is 37.1 Å². The van der Waals surface area contributed by atoms with Crippen LogP contribution in [0.3, 0.4) is 0 Å². The Balaban J connectivity index is 1.38. The van der Waals surface area contributed by atoms with Gasteiger partial charge in [-0.1, -0.05) is 49.4 Å². The summed E-state index contributed by atoms with van der Waals surface area (Å²) >= 11 is 1.85. The molecule has 0 N–H and O–H groups in total. The summed E-state index contributed by atoms with van der Waals surface area (Å²) in [5.41, 5.74) is 2.06. The fraction of sp³-hybridized carbons (Fsp3) is 0.360. The highest BCUT2D eigenvalue weighted by atomic mass is 32.2. The Bertz CT molecular complexity index is 920. The number of hydrogen-bond acceptors (Lipinski definition) is 3. The Morgan fingerprint density at radius 1 is 0.933 bits per heavy atom. The van der Waals surface area contributed by atoms with Gasteiger partial charge in [0.1, 0.15) is 0 Å². The molecule has 0 bridgehead atoms. The molecule has 1 fully saturated rings. The molecule has 2 aromatic carbocycles. The third-order valence-electron chi connectivity index (χ3n) is 5.88. The molecular weight excluding hydrogens is 392 g/mol. The lowest BCUT2D eigenvalue weighted by atomic mass is 9.94. The number of fused-ring (bicyclic) bond motifs is 1. The maximum atomic E-state index is 13.4. The lowest BCUT2D eigenvalue weighted by molar-refractivity contribution is -0.131. The zero-order valence-electron chi connectivity index (χ0n) is 17.4. The number of piperidine rings is 1. The molecule has 0 spiro atoms. The SMILES string of the molecule is CC1CCN(C(=O)C2CCN(C(=O)/C=C/c3ccccc3)CC2)c2ccccc2S1. The zero-order valence-corrected chi connectivity index (χ0v) is 18.2. The van der Waals surface area contributed by atoms with Gasteiger partial charge in [-0.05, 0) is 43.0 Å². The number of carbonyl (C=O) groups is 2. The number of likely N-dealkylation sites (tertiary alicyclic amines) is 1. The molecule has 4 nitrogen and oxygen atoms in total. The van der Waals surface area contributed by atoms with E-state index in [1.165, 1.54) is 4.90 Å². The van der Waals surface area contributed by atoms with E-state index in [1.54, 1.807) is 6.08 Å². The number of carbonyl (C=O) groups excluding carboxylic acids is 2. The van der Waals surface area contributed by atoms with Gasteiger partial charge < -0.3 is 9.80 Å². The summed E-state index contributed by atoms with van der Waals surface area (Å²) in [6.07, 6.45) is 5.94. The van der Waals surface area contributed by atoms with Gasteiger partial charge in [0, 0.05) is 41.8 Å². The summed E-state index contributed by atoms with van der Waals surface area (Å²) < 4.78 is 0. The number of hydrogen-bond donors (Lipinski definition) is 0. The molecule has 0 aliphatic carbocycles. The normalized spacial score (nSPS) is 20.1. The molecule has 2 heterocycles. The van der Waals surface area contributed by atoms with Crippen LogP contribution in [0, 0.1) is 5.92 Å². The molecule has 2 amide bonds. The molecule has 30 heavy (non-hydrogen) atoms. The van der Waals surface area contributed by atoms with Crippen molar-refractivity contribution < 1.29 is 9.59 Å². The number of benzene rings is 2. The molecule has 0 aromatic heterocycles. The Labute approximate surface area is 182 Å². The van der Waals surface area contributed by atoms with Gasteiger partial charge in [-0.25, -0.2) is 0 Å². The van der Waals surface area contributed by atoms with E-state index in [0.29, 0.717) is 18.3 Å². The van der Waals surface area contributed by atoms with Gasteiger partial charge in [0.25, 0.3) is 0 Å². The van der Waals surface area contributed by atoms with Crippen molar-refractivity contribution in [3.05, 3.63) is 66.2 Å². The maximum absolute atomic E-state index is 13.4. The van der Waals surface area contributed by atoms with Gasteiger partial charge in [0.2, 0.25) is 11.8 Å². The van der Waals surface area contributed by atoms with Crippen molar-refractivity contribution in [2.75, 3.05) is 24.5 Å². The van der Waals surface area contributed by atoms with Crippen LogP contribution in [0.15, 0.2) is 65.6 Å². The number of anilines is 1. The van der Waals surface area contributed by atoms with E-state index in [2.05, 4.69) is 19.1 Å². The fourth-order valence-electron chi connectivity index (χ4n) is 4.12. The number of amides is 2.